The zero-order valence-electron chi connectivity index (χ0n) is 33.3. The van der Waals surface area contributed by atoms with Crippen molar-refractivity contribution in [3.8, 4) is 22.3 Å². The summed E-state index contributed by atoms with van der Waals surface area (Å²) in [6.07, 6.45) is 17.2. The highest BCUT2D eigenvalue weighted by molar-refractivity contribution is 6.12. The van der Waals surface area contributed by atoms with Crippen molar-refractivity contribution in [1.29, 1.82) is 0 Å². The molecule has 2 heteroatoms. The second-order valence-electron chi connectivity index (χ2n) is 17.1. The summed E-state index contributed by atoms with van der Waals surface area (Å²) in [6.45, 7) is 22.9. The number of benzene rings is 3. The molecule has 5 rings (SSSR count). The van der Waals surface area contributed by atoms with E-state index >= 15 is 0 Å². The summed E-state index contributed by atoms with van der Waals surface area (Å²) in [4.78, 5) is 0. The van der Waals surface area contributed by atoms with E-state index in [2.05, 4.69) is 118 Å². The minimum absolute atomic E-state index is 0.110. The Morgan fingerprint density at radius 1 is 0.440 bits per heavy atom. The average Bonchev–Trinajstić information content (AvgIpc) is 3.66. The Labute approximate surface area is 304 Å². The number of hydrogen-bond acceptors (Lipinski definition) is 2. The lowest BCUT2D eigenvalue weighted by Crippen LogP contribution is -2.10. The second kappa shape index (κ2) is 16.4. The van der Waals surface area contributed by atoms with E-state index in [1.165, 1.54) is 119 Å². The van der Waals surface area contributed by atoms with Gasteiger partial charge in [0.15, 0.2) is 0 Å². The van der Waals surface area contributed by atoms with Gasteiger partial charge in [-0.2, -0.15) is 0 Å². The van der Waals surface area contributed by atoms with E-state index in [1.807, 2.05) is 0 Å². The summed E-state index contributed by atoms with van der Waals surface area (Å²) in [5, 5.41) is 2.46. The van der Waals surface area contributed by atoms with Gasteiger partial charge in [-0.25, -0.2) is 0 Å². The van der Waals surface area contributed by atoms with Gasteiger partial charge in [-0.05, 0) is 59.8 Å². The Morgan fingerprint density at radius 3 is 1.08 bits per heavy atom. The molecule has 0 N–H and O–H groups in total. The molecule has 5 aromatic rings. The van der Waals surface area contributed by atoms with Crippen molar-refractivity contribution in [2.75, 3.05) is 0 Å². The average molecular weight is 675 g/mol. The van der Waals surface area contributed by atoms with E-state index in [0.29, 0.717) is 0 Å². The van der Waals surface area contributed by atoms with Crippen LogP contribution in [0.25, 0.3) is 44.2 Å². The maximum Gasteiger partial charge on any atom is 0.139 e. The molecule has 0 aliphatic carbocycles. The van der Waals surface area contributed by atoms with E-state index in [1.54, 1.807) is 0 Å². The Balaban J connectivity index is 1.66. The lowest BCUT2D eigenvalue weighted by atomic mass is 9.85. The van der Waals surface area contributed by atoms with Crippen molar-refractivity contribution in [2.24, 2.45) is 0 Å². The van der Waals surface area contributed by atoms with Crippen LogP contribution in [0.1, 0.15) is 166 Å². The number of rotatable bonds is 16. The van der Waals surface area contributed by atoms with E-state index in [9.17, 15) is 0 Å². The Hall–Kier alpha value is -3.26. The van der Waals surface area contributed by atoms with Gasteiger partial charge in [0, 0.05) is 45.9 Å². The minimum atomic E-state index is 0.110. The van der Waals surface area contributed by atoms with E-state index < -0.39 is 0 Å². The van der Waals surface area contributed by atoms with E-state index in [4.69, 9.17) is 8.83 Å². The van der Waals surface area contributed by atoms with Crippen LogP contribution in [0.3, 0.4) is 0 Å². The van der Waals surface area contributed by atoms with Crippen LogP contribution in [0.15, 0.2) is 57.4 Å². The number of aryl methyl sites for hydroxylation is 4. The summed E-state index contributed by atoms with van der Waals surface area (Å²) in [6, 6.07) is 18.5. The molecule has 0 atom stereocenters. The molecule has 0 saturated heterocycles. The molecule has 3 aromatic carbocycles. The van der Waals surface area contributed by atoms with Crippen molar-refractivity contribution >= 4 is 21.9 Å². The highest BCUT2D eigenvalue weighted by Gasteiger charge is 2.28. The van der Waals surface area contributed by atoms with Gasteiger partial charge in [-0.1, -0.05) is 168 Å². The highest BCUT2D eigenvalue weighted by atomic mass is 16.3. The van der Waals surface area contributed by atoms with Gasteiger partial charge >= 0.3 is 0 Å². The van der Waals surface area contributed by atoms with Crippen LogP contribution in [-0.2, 0) is 23.7 Å². The predicted molar refractivity (Wildman–Crippen MR) is 218 cm³/mol. The standard InChI is InChI=1S/C48H66O2/c1-11-13-15-17-19-21-23-39-43(35-25-29-37(30-26-35)47(5,6)7)41-33(3)46-42(34(4)45(41)49-39)44(36-27-31-38(32-28-36)48(8,9)10)40(50-46)24-22-20-18-16-14-12-2/h25-32H,11-24H2,1-10H3. The quantitative estimate of drug-likeness (QED) is 0.0974. The number of hydrogen-bond donors (Lipinski definition) is 0. The molecule has 0 unspecified atom stereocenters. The molecule has 0 amide bonds. The van der Waals surface area contributed by atoms with Crippen molar-refractivity contribution in [3.05, 3.63) is 82.3 Å². The van der Waals surface area contributed by atoms with Crippen LogP contribution in [0.2, 0.25) is 0 Å². The Morgan fingerprint density at radius 2 is 0.760 bits per heavy atom. The van der Waals surface area contributed by atoms with E-state index in [0.717, 1.165) is 48.4 Å². The highest BCUT2D eigenvalue weighted by Crippen LogP contribution is 2.47. The minimum Gasteiger partial charge on any atom is -0.460 e. The fourth-order valence-corrected chi connectivity index (χ4v) is 7.80. The normalized spacial score (nSPS) is 12.5. The zero-order chi connectivity index (χ0) is 36.1. The molecule has 2 aromatic heterocycles. The molecule has 0 bridgehead atoms. The molecular weight excluding hydrogens is 609 g/mol. The van der Waals surface area contributed by atoms with Gasteiger partial charge < -0.3 is 8.83 Å². The van der Waals surface area contributed by atoms with Crippen LogP contribution in [0.5, 0.6) is 0 Å². The first-order valence-corrected chi connectivity index (χ1v) is 20.1. The molecule has 0 saturated carbocycles. The monoisotopic (exact) mass is 675 g/mol. The number of fused-ring (bicyclic) bond motifs is 2. The fraction of sp³-hybridized carbons (Fsp3) is 0.542. The topological polar surface area (TPSA) is 26.3 Å². The van der Waals surface area contributed by atoms with Crippen molar-refractivity contribution in [2.45, 2.75) is 170 Å². The first kappa shape index (κ1) is 38.0. The molecule has 0 fully saturated rings. The Kier molecular flexibility index (Phi) is 12.5. The van der Waals surface area contributed by atoms with Crippen LogP contribution >= 0.6 is 0 Å². The maximum absolute atomic E-state index is 7.06. The molecule has 270 valence electrons. The zero-order valence-corrected chi connectivity index (χ0v) is 33.3. The van der Waals surface area contributed by atoms with Gasteiger partial charge in [0.1, 0.15) is 22.7 Å². The predicted octanol–water partition coefficient (Wildman–Crippen LogP) is 15.5. The molecule has 0 spiro atoms. The fourth-order valence-electron chi connectivity index (χ4n) is 7.80. The smallest absolute Gasteiger partial charge is 0.139 e. The largest absolute Gasteiger partial charge is 0.460 e. The third kappa shape index (κ3) is 8.43. The van der Waals surface area contributed by atoms with Crippen molar-refractivity contribution < 1.29 is 8.83 Å². The molecule has 2 nitrogen and oxygen atoms in total. The molecule has 0 radical (unpaired) electrons. The Bertz CT molecular complexity index is 1690. The summed E-state index contributed by atoms with van der Waals surface area (Å²) in [7, 11) is 0. The van der Waals surface area contributed by atoms with Gasteiger partial charge in [-0.15, -0.1) is 0 Å². The lowest BCUT2D eigenvalue weighted by molar-refractivity contribution is 0.520. The van der Waals surface area contributed by atoms with Crippen LogP contribution < -0.4 is 0 Å². The molecule has 0 aliphatic heterocycles. The van der Waals surface area contributed by atoms with Crippen LogP contribution in [-0.4, -0.2) is 0 Å². The molecule has 0 aliphatic rings. The summed E-state index contributed by atoms with van der Waals surface area (Å²) in [5.74, 6) is 2.25. The summed E-state index contributed by atoms with van der Waals surface area (Å²) in [5.41, 5.74) is 12.4. The SMILES string of the molecule is CCCCCCCCc1oc2c(C)c3c(-c4ccc(C(C)(C)C)cc4)c(CCCCCCCC)oc3c(C)c2c1-c1ccc(C(C)(C)C)cc1. The van der Waals surface area contributed by atoms with Crippen LogP contribution in [0.4, 0.5) is 0 Å². The summed E-state index contributed by atoms with van der Waals surface area (Å²) >= 11 is 0. The first-order valence-electron chi connectivity index (χ1n) is 20.1. The van der Waals surface area contributed by atoms with E-state index in [-0.39, 0.29) is 10.8 Å². The van der Waals surface area contributed by atoms with Gasteiger partial charge in [0.05, 0.1) is 0 Å². The third-order valence-electron chi connectivity index (χ3n) is 11.0. The van der Waals surface area contributed by atoms with Crippen LogP contribution in [0, 0.1) is 13.8 Å². The molecule has 50 heavy (non-hydrogen) atoms. The van der Waals surface area contributed by atoms with Gasteiger partial charge in [-0.3, -0.25) is 0 Å². The number of unbranched alkanes of at least 4 members (excludes halogenated alkanes) is 10. The maximum atomic E-state index is 7.06. The molecular formula is C48H66O2. The van der Waals surface area contributed by atoms with Gasteiger partial charge in [0.2, 0.25) is 0 Å². The van der Waals surface area contributed by atoms with Crippen molar-refractivity contribution in [3.63, 3.8) is 0 Å². The lowest BCUT2D eigenvalue weighted by Gasteiger charge is -2.19. The third-order valence-corrected chi connectivity index (χ3v) is 11.0. The molecule has 2 heterocycles. The van der Waals surface area contributed by atoms with Gasteiger partial charge in [0.25, 0.3) is 0 Å². The summed E-state index contributed by atoms with van der Waals surface area (Å²) < 4.78 is 14.1. The first-order chi connectivity index (χ1) is 23.9. The second-order valence-corrected chi connectivity index (χ2v) is 17.1. The van der Waals surface area contributed by atoms with Crippen molar-refractivity contribution in [1.82, 2.24) is 0 Å². The number of furan rings is 2.